The van der Waals surface area contributed by atoms with E-state index in [0.29, 0.717) is 18.1 Å². The second-order valence-electron chi connectivity index (χ2n) is 8.53. The first-order valence-electron chi connectivity index (χ1n) is 11.6. The third-order valence-corrected chi connectivity index (χ3v) is 6.22. The van der Waals surface area contributed by atoms with Crippen molar-refractivity contribution >= 4 is 5.97 Å². The zero-order valence-electron chi connectivity index (χ0n) is 19.2. The summed E-state index contributed by atoms with van der Waals surface area (Å²) in [6, 6.07) is 32.9. The molecule has 0 fully saturated rings. The molecule has 1 aliphatic heterocycles. The number of fused-ring (bicyclic) bond motifs is 1. The van der Waals surface area contributed by atoms with Crippen LogP contribution in [0.15, 0.2) is 103 Å². The van der Waals surface area contributed by atoms with Crippen molar-refractivity contribution in [3.05, 3.63) is 125 Å². The summed E-state index contributed by atoms with van der Waals surface area (Å²) in [5.41, 5.74) is 4.26. The van der Waals surface area contributed by atoms with Gasteiger partial charge in [0, 0.05) is 23.5 Å². The van der Waals surface area contributed by atoms with E-state index < -0.39 is 5.97 Å². The Morgan fingerprint density at radius 1 is 0.857 bits per heavy atom. The maximum atomic E-state index is 12.1. The summed E-state index contributed by atoms with van der Waals surface area (Å²) < 4.78 is 17.0. The predicted molar refractivity (Wildman–Crippen MR) is 133 cm³/mol. The maximum Gasteiger partial charge on any atom is 0.344 e. The van der Waals surface area contributed by atoms with Crippen LogP contribution in [0.2, 0.25) is 0 Å². The average Bonchev–Trinajstić information content (AvgIpc) is 2.91. The highest BCUT2D eigenvalue weighted by Gasteiger charge is 2.33. The van der Waals surface area contributed by atoms with Gasteiger partial charge in [-0.05, 0) is 34.9 Å². The second kappa shape index (κ2) is 10.3. The lowest BCUT2D eigenvalue weighted by Gasteiger charge is -2.34. The van der Waals surface area contributed by atoms with Crippen LogP contribution >= 0.6 is 0 Å². The third-order valence-electron chi connectivity index (χ3n) is 6.22. The molecule has 1 aliphatic rings. The fourth-order valence-electron chi connectivity index (χ4n) is 4.49. The Hall–Kier alpha value is -4.25. The molecule has 5 rings (SSSR count). The highest BCUT2D eigenvalue weighted by atomic mass is 16.6. The number of phenolic OH excluding ortho intramolecular Hbond substituents is 1. The number of esters is 1. The van der Waals surface area contributed by atoms with Crippen molar-refractivity contribution in [3.63, 3.8) is 0 Å². The maximum absolute atomic E-state index is 12.1. The van der Waals surface area contributed by atoms with Crippen LogP contribution in [0.5, 0.6) is 17.2 Å². The van der Waals surface area contributed by atoms with Crippen LogP contribution in [0.25, 0.3) is 0 Å². The normalized spacial score (nSPS) is 16.6. The van der Waals surface area contributed by atoms with Gasteiger partial charge in [0.1, 0.15) is 23.9 Å². The van der Waals surface area contributed by atoms with Gasteiger partial charge in [0.15, 0.2) is 6.61 Å². The van der Waals surface area contributed by atoms with Crippen molar-refractivity contribution in [2.45, 2.75) is 18.4 Å². The summed E-state index contributed by atoms with van der Waals surface area (Å²) in [5.74, 6) is 1.23. The van der Waals surface area contributed by atoms with E-state index in [2.05, 4.69) is 12.1 Å². The zero-order chi connectivity index (χ0) is 24.0. The lowest BCUT2D eigenvalue weighted by molar-refractivity contribution is -0.147. The number of benzene rings is 4. The molecular weight excluding hydrogens is 440 g/mol. The van der Waals surface area contributed by atoms with Crippen molar-refractivity contribution < 1.29 is 24.1 Å². The largest absolute Gasteiger partial charge is 0.508 e. The van der Waals surface area contributed by atoms with E-state index in [1.165, 1.54) is 5.56 Å². The van der Waals surface area contributed by atoms with Crippen molar-refractivity contribution in [3.8, 4) is 17.2 Å². The molecule has 5 heteroatoms. The van der Waals surface area contributed by atoms with Crippen LogP contribution in [0.3, 0.4) is 0 Å². The fourth-order valence-corrected chi connectivity index (χ4v) is 4.49. The van der Waals surface area contributed by atoms with Gasteiger partial charge in [0.25, 0.3) is 0 Å². The van der Waals surface area contributed by atoms with E-state index in [0.717, 1.165) is 16.7 Å². The van der Waals surface area contributed by atoms with E-state index in [1.807, 2.05) is 78.9 Å². The van der Waals surface area contributed by atoms with Crippen LogP contribution in [-0.4, -0.2) is 24.3 Å². The monoisotopic (exact) mass is 466 g/mol. The molecule has 0 spiro atoms. The molecule has 0 aliphatic carbocycles. The van der Waals surface area contributed by atoms with Crippen molar-refractivity contribution in [1.82, 2.24) is 0 Å². The molecule has 4 aromatic carbocycles. The minimum Gasteiger partial charge on any atom is -0.508 e. The third kappa shape index (κ3) is 5.30. The fraction of sp³-hybridized carbons (Fsp3) is 0.167. The Bertz CT molecular complexity index is 1270. The standard InChI is InChI=1S/C30H26O5/c31-24-13-16-26-28(17-24)34-19-27(22-9-5-2-6-10-22)30(26)23-11-14-25(15-12-23)33-20-29(32)35-18-21-7-3-1-4-8-21/h1-17,27,30-31H,18-20H2/t27-,30?/m1/s1. The summed E-state index contributed by atoms with van der Waals surface area (Å²) in [6.45, 7) is 0.580. The summed E-state index contributed by atoms with van der Waals surface area (Å²) in [4.78, 5) is 12.1. The Morgan fingerprint density at radius 3 is 2.31 bits per heavy atom. The first kappa shape index (κ1) is 22.5. The van der Waals surface area contributed by atoms with Crippen LogP contribution in [0.1, 0.15) is 34.1 Å². The molecule has 0 bridgehead atoms. The minimum absolute atomic E-state index is 0.0478. The number of carbonyl (C=O) groups excluding carboxylic acids is 1. The number of phenols is 1. The molecule has 0 saturated carbocycles. The van der Waals surface area contributed by atoms with Crippen molar-refractivity contribution in [2.75, 3.05) is 13.2 Å². The molecule has 1 N–H and O–H groups in total. The number of hydrogen-bond acceptors (Lipinski definition) is 5. The minimum atomic E-state index is -0.416. The molecule has 0 saturated heterocycles. The molecule has 176 valence electrons. The molecule has 0 radical (unpaired) electrons. The van der Waals surface area contributed by atoms with E-state index in [4.69, 9.17) is 14.2 Å². The summed E-state index contributed by atoms with van der Waals surface area (Å²) >= 11 is 0. The van der Waals surface area contributed by atoms with Crippen LogP contribution in [0.4, 0.5) is 0 Å². The SMILES string of the molecule is O=C(COc1ccc(C2c3ccc(O)cc3OC[C@@H]2c2ccccc2)cc1)OCc1ccccc1. The molecule has 0 amide bonds. The Kier molecular flexibility index (Phi) is 6.66. The Labute approximate surface area is 204 Å². The molecule has 35 heavy (non-hydrogen) atoms. The second-order valence-corrected chi connectivity index (χ2v) is 8.53. The quantitative estimate of drug-likeness (QED) is 0.348. The first-order valence-corrected chi connectivity index (χ1v) is 11.6. The number of carbonyl (C=O) groups is 1. The van der Waals surface area contributed by atoms with Crippen LogP contribution in [0, 0.1) is 0 Å². The summed E-state index contributed by atoms with van der Waals surface area (Å²) in [7, 11) is 0. The number of ether oxygens (including phenoxy) is 3. The van der Waals surface area contributed by atoms with E-state index in [9.17, 15) is 9.90 Å². The number of aromatic hydroxyl groups is 1. The summed E-state index contributed by atoms with van der Waals surface area (Å²) in [6.07, 6.45) is 0. The predicted octanol–water partition coefficient (Wildman–Crippen LogP) is 5.82. The van der Waals surface area contributed by atoms with Gasteiger partial charge in [-0.25, -0.2) is 4.79 Å². The van der Waals surface area contributed by atoms with Gasteiger partial charge in [-0.2, -0.15) is 0 Å². The van der Waals surface area contributed by atoms with Gasteiger partial charge in [0.05, 0.1) is 6.61 Å². The van der Waals surface area contributed by atoms with E-state index in [1.54, 1.807) is 12.1 Å². The van der Waals surface area contributed by atoms with E-state index >= 15 is 0 Å². The van der Waals surface area contributed by atoms with Crippen LogP contribution in [-0.2, 0) is 16.1 Å². The summed E-state index contributed by atoms with van der Waals surface area (Å²) in [5, 5.41) is 9.94. The first-order chi connectivity index (χ1) is 17.2. The molecule has 2 atom stereocenters. The lowest BCUT2D eigenvalue weighted by atomic mass is 9.76. The molecular formula is C30H26O5. The zero-order valence-corrected chi connectivity index (χ0v) is 19.2. The van der Waals surface area contributed by atoms with Gasteiger partial charge in [-0.3, -0.25) is 0 Å². The van der Waals surface area contributed by atoms with Crippen LogP contribution < -0.4 is 9.47 Å². The topological polar surface area (TPSA) is 65.0 Å². The molecule has 5 nitrogen and oxygen atoms in total. The van der Waals surface area contributed by atoms with Gasteiger partial charge < -0.3 is 19.3 Å². The Morgan fingerprint density at radius 2 is 1.57 bits per heavy atom. The van der Waals surface area contributed by atoms with Gasteiger partial charge in [-0.1, -0.05) is 78.9 Å². The molecule has 4 aromatic rings. The smallest absolute Gasteiger partial charge is 0.344 e. The molecule has 0 aromatic heterocycles. The Balaban J connectivity index is 1.30. The molecule has 1 heterocycles. The van der Waals surface area contributed by atoms with Gasteiger partial charge in [-0.15, -0.1) is 0 Å². The lowest BCUT2D eigenvalue weighted by Crippen LogP contribution is -2.25. The molecule has 1 unspecified atom stereocenters. The number of rotatable bonds is 7. The van der Waals surface area contributed by atoms with Gasteiger partial charge in [0.2, 0.25) is 0 Å². The average molecular weight is 467 g/mol. The van der Waals surface area contributed by atoms with Gasteiger partial charge >= 0.3 is 5.97 Å². The highest BCUT2D eigenvalue weighted by molar-refractivity contribution is 5.71. The highest BCUT2D eigenvalue weighted by Crippen LogP contribution is 2.47. The van der Waals surface area contributed by atoms with Crippen molar-refractivity contribution in [2.24, 2.45) is 0 Å². The van der Waals surface area contributed by atoms with E-state index in [-0.39, 0.29) is 30.8 Å². The number of hydrogen-bond donors (Lipinski definition) is 1. The van der Waals surface area contributed by atoms with Crippen molar-refractivity contribution in [1.29, 1.82) is 0 Å².